The third-order valence-electron chi connectivity index (χ3n) is 2.23. The quantitative estimate of drug-likeness (QED) is 0.543. The molecule has 0 aromatic heterocycles. The van der Waals surface area contributed by atoms with Crippen LogP contribution in [0.25, 0.3) is 0 Å². The van der Waals surface area contributed by atoms with E-state index in [0.717, 1.165) is 12.8 Å². The summed E-state index contributed by atoms with van der Waals surface area (Å²) in [5.41, 5.74) is -0.781. The summed E-state index contributed by atoms with van der Waals surface area (Å²) >= 11 is 0. The summed E-state index contributed by atoms with van der Waals surface area (Å²) in [5, 5.41) is 21.1. The third kappa shape index (κ3) is 4.07. The van der Waals surface area contributed by atoms with Gasteiger partial charge in [0.25, 0.3) is 0 Å². The Kier molecular flexibility index (Phi) is 5.72. The minimum Gasteiger partial charge on any atom is -0.396 e. The highest BCUT2D eigenvalue weighted by Crippen LogP contribution is 2.19. The van der Waals surface area contributed by atoms with Gasteiger partial charge in [-0.25, -0.2) is 0 Å². The van der Waals surface area contributed by atoms with E-state index in [1.807, 2.05) is 6.92 Å². The number of amides is 1. The number of carbonyl (C=O) groups is 1. The van der Waals surface area contributed by atoms with E-state index in [4.69, 9.17) is 5.11 Å². The van der Waals surface area contributed by atoms with Crippen molar-refractivity contribution in [1.29, 1.82) is 0 Å². The normalized spacial score (nSPS) is 13.8. The van der Waals surface area contributed by atoms with E-state index in [-0.39, 0.29) is 6.61 Å². The van der Waals surface area contributed by atoms with Gasteiger partial charge in [-0.05, 0) is 6.42 Å². The van der Waals surface area contributed by atoms with Gasteiger partial charge >= 0.3 is 0 Å². The number of hydrogen-bond acceptors (Lipinski definition) is 3. The average molecular weight is 203 g/mol. The zero-order chi connectivity index (χ0) is 11.2. The van der Waals surface area contributed by atoms with Gasteiger partial charge in [-0.2, -0.15) is 0 Å². The predicted octanol–water partition coefficient (Wildman–Crippen LogP) is 0.282. The first-order chi connectivity index (χ1) is 6.45. The Morgan fingerprint density at radius 1 is 1.50 bits per heavy atom. The van der Waals surface area contributed by atoms with Crippen LogP contribution in [0.1, 0.15) is 33.6 Å². The lowest BCUT2D eigenvalue weighted by Gasteiger charge is -2.27. The number of rotatable bonds is 6. The van der Waals surface area contributed by atoms with Crippen LogP contribution in [-0.2, 0) is 4.79 Å². The van der Waals surface area contributed by atoms with Crippen molar-refractivity contribution in [2.75, 3.05) is 13.2 Å². The molecule has 0 spiro atoms. The molecule has 0 heterocycles. The Morgan fingerprint density at radius 2 is 2.07 bits per heavy atom. The molecule has 4 heteroatoms. The molecule has 0 saturated carbocycles. The maximum Gasteiger partial charge on any atom is 0.249 e. The highest BCUT2D eigenvalue weighted by Gasteiger charge is 2.32. The Morgan fingerprint density at radius 3 is 2.50 bits per heavy atom. The molecular formula is C10H21NO3. The molecular weight excluding hydrogens is 182 g/mol. The van der Waals surface area contributed by atoms with Crippen molar-refractivity contribution in [2.24, 2.45) is 5.41 Å². The van der Waals surface area contributed by atoms with Crippen LogP contribution in [0.5, 0.6) is 0 Å². The van der Waals surface area contributed by atoms with Crippen molar-refractivity contribution in [3.8, 4) is 0 Å². The predicted molar refractivity (Wildman–Crippen MR) is 54.8 cm³/mol. The molecule has 0 aliphatic carbocycles. The Balaban J connectivity index is 3.99. The van der Waals surface area contributed by atoms with Crippen LogP contribution in [0.3, 0.4) is 0 Å². The van der Waals surface area contributed by atoms with E-state index in [2.05, 4.69) is 5.32 Å². The number of hydrogen-bond donors (Lipinski definition) is 3. The highest BCUT2D eigenvalue weighted by molar-refractivity contribution is 5.81. The molecule has 0 fully saturated rings. The molecule has 1 atom stereocenters. The first kappa shape index (κ1) is 13.4. The van der Waals surface area contributed by atoms with E-state index in [1.54, 1.807) is 13.8 Å². The maximum absolute atomic E-state index is 11.4. The van der Waals surface area contributed by atoms with Gasteiger partial charge < -0.3 is 15.5 Å². The lowest BCUT2D eigenvalue weighted by molar-refractivity contribution is -0.137. The standard InChI is InChI=1S/C10H21NO3/c1-4-5-6-11-9(14)8(13)10(2,3)7-12/h8,12-13H,4-7H2,1-3H3,(H,11,14)/t8-/m0/s1. The Hall–Kier alpha value is -0.610. The topological polar surface area (TPSA) is 69.6 Å². The van der Waals surface area contributed by atoms with Crippen molar-refractivity contribution in [3.05, 3.63) is 0 Å². The van der Waals surface area contributed by atoms with Crippen LogP contribution in [0.2, 0.25) is 0 Å². The first-order valence-corrected chi connectivity index (χ1v) is 5.02. The summed E-state index contributed by atoms with van der Waals surface area (Å²) in [5.74, 6) is -0.405. The van der Waals surface area contributed by atoms with Gasteiger partial charge in [-0.3, -0.25) is 4.79 Å². The SMILES string of the molecule is CCCCNC(=O)[C@H](O)C(C)(C)CO. The smallest absolute Gasteiger partial charge is 0.249 e. The van der Waals surface area contributed by atoms with Gasteiger partial charge in [0, 0.05) is 12.0 Å². The summed E-state index contributed by atoms with van der Waals surface area (Å²) in [7, 11) is 0. The fourth-order valence-electron chi connectivity index (χ4n) is 0.926. The van der Waals surface area contributed by atoms with Gasteiger partial charge in [0.15, 0.2) is 0 Å². The largest absolute Gasteiger partial charge is 0.396 e. The van der Waals surface area contributed by atoms with Gasteiger partial charge in [0.2, 0.25) is 5.91 Å². The molecule has 0 aliphatic heterocycles. The molecule has 84 valence electrons. The van der Waals surface area contributed by atoms with Gasteiger partial charge in [0.05, 0.1) is 6.61 Å². The second-order valence-corrected chi connectivity index (χ2v) is 4.19. The fraction of sp³-hybridized carbons (Fsp3) is 0.900. The first-order valence-electron chi connectivity index (χ1n) is 5.02. The molecule has 3 N–H and O–H groups in total. The third-order valence-corrected chi connectivity index (χ3v) is 2.23. The fourth-order valence-corrected chi connectivity index (χ4v) is 0.926. The molecule has 0 aromatic carbocycles. The summed E-state index contributed by atoms with van der Waals surface area (Å²) in [6, 6.07) is 0. The minimum atomic E-state index is -1.15. The van der Waals surface area contributed by atoms with E-state index in [1.165, 1.54) is 0 Å². The van der Waals surface area contributed by atoms with Gasteiger partial charge in [-0.1, -0.05) is 27.2 Å². The van der Waals surface area contributed by atoms with E-state index < -0.39 is 17.4 Å². The number of carbonyl (C=O) groups excluding carboxylic acids is 1. The zero-order valence-electron chi connectivity index (χ0n) is 9.21. The van der Waals surface area contributed by atoms with Crippen LogP contribution in [0.4, 0.5) is 0 Å². The molecule has 0 radical (unpaired) electrons. The monoisotopic (exact) mass is 203 g/mol. The second-order valence-electron chi connectivity index (χ2n) is 4.19. The lowest BCUT2D eigenvalue weighted by Crippen LogP contribution is -2.45. The van der Waals surface area contributed by atoms with Crippen LogP contribution in [-0.4, -0.2) is 35.4 Å². The number of aliphatic hydroxyl groups is 2. The molecule has 0 aromatic rings. The number of unbranched alkanes of at least 4 members (excludes halogenated alkanes) is 1. The molecule has 1 amide bonds. The summed E-state index contributed by atoms with van der Waals surface area (Å²) in [6.07, 6.45) is 0.752. The van der Waals surface area contributed by atoms with Crippen molar-refractivity contribution >= 4 is 5.91 Å². The molecule has 0 unspecified atom stereocenters. The second kappa shape index (κ2) is 5.98. The van der Waals surface area contributed by atoms with E-state index in [0.29, 0.717) is 6.54 Å². The van der Waals surface area contributed by atoms with Gasteiger partial charge in [-0.15, -0.1) is 0 Å². The van der Waals surface area contributed by atoms with Crippen molar-refractivity contribution in [3.63, 3.8) is 0 Å². The summed E-state index contributed by atoms with van der Waals surface area (Å²) in [4.78, 5) is 11.4. The van der Waals surface area contributed by atoms with Crippen LogP contribution >= 0.6 is 0 Å². The van der Waals surface area contributed by atoms with Crippen molar-refractivity contribution in [2.45, 2.75) is 39.7 Å². The summed E-state index contributed by atoms with van der Waals surface area (Å²) < 4.78 is 0. The van der Waals surface area contributed by atoms with Crippen molar-refractivity contribution in [1.82, 2.24) is 5.32 Å². The Labute approximate surface area is 85.3 Å². The highest BCUT2D eigenvalue weighted by atomic mass is 16.3. The molecule has 0 saturated heterocycles. The van der Waals surface area contributed by atoms with Gasteiger partial charge in [0.1, 0.15) is 6.10 Å². The molecule has 4 nitrogen and oxygen atoms in total. The Bertz CT molecular complexity index is 180. The average Bonchev–Trinajstić information content (AvgIpc) is 2.17. The maximum atomic E-state index is 11.4. The minimum absolute atomic E-state index is 0.213. The molecule has 0 rings (SSSR count). The zero-order valence-corrected chi connectivity index (χ0v) is 9.21. The molecule has 14 heavy (non-hydrogen) atoms. The van der Waals surface area contributed by atoms with Crippen LogP contribution in [0, 0.1) is 5.41 Å². The van der Waals surface area contributed by atoms with E-state index >= 15 is 0 Å². The van der Waals surface area contributed by atoms with Crippen LogP contribution in [0.15, 0.2) is 0 Å². The van der Waals surface area contributed by atoms with Crippen molar-refractivity contribution < 1.29 is 15.0 Å². The van der Waals surface area contributed by atoms with Crippen LogP contribution < -0.4 is 5.32 Å². The molecule has 0 aliphatic rings. The van der Waals surface area contributed by atoms with E-state index in [9.17, 15) is 9.90 Å². The molecule has 0 bridgehead atoms. The number of aliphatic hydroxyl groups excluding tert-OH is 2. The lowest BCUT2D eigenvalue weighted by atomic mass is 9.87. The summed E-state index contributed by atoms with van der Waals surface area (Å²) in [6.45, 7) is 5.69. The number of nitrogens with one attached hydrogen (secondary N) is 1.